The van der Waals surface area contributed by atoms with Gasteiger partial charge in [-0.15, -0.1) is 0 Å². The third-order valence-corrected chi connectivity index (χ3v) is 3.69. The lowest BCUT2D eigenvalue weighted by Gasteiger charge is -2.21. The molecule has 0 aliphatic rings. The van der Waals surface area contributed by atoms with Gasteiger partial charge in [0.1, 0.15) is 6.07 Å². The van der Waals surface area contributed by atoms with Crippen LogP contribution in [0.3, 0.4) is 0 Å². The Morgan fingerprint density at radius 3 is 2.53 bits per heavy atom. The van der Waals surface area contributed by atoms with E-state index in [1.807, 2.05) is 36.2 Å². The van der Waals surface area contributed by atoms with Gasteiger partial charge in [0.2, 0.25) is 0 Å². The number of halogens is 2. The average Bonchev–Trinajstić information content (AvgIpc) is 2.41. The topological polar surface area (TPSA) is 27.0 Å². The highest BCUT2D eigenvalue weighted by Gasteiger charge is 2.10. The number of hydrogen-bond acceptors (Lipinski definition) is 2. The molecule has 0 fully saturated rings. The summed E-state index contributed by atoms with van der Waals surface area (Å²) in [6, 6.07) is 15.8. The van der Waals surface area contributed by atoms with E-state index in [9.17, 15) is 5.26 Å². The Hall–Kier alpha value is -1.50. The van der Waals surface area contributed by atoms with E-state index in [0.29, 0.717) is 10.6 Å². The van der Waals surface area contributed by atoms with E-state index in [0.717, 1.165) is 16.7 Å². The highest BCUT2D eigenvalue weighted by Crippen LogP contribution is 2.27. The zero-order valence-electron chi connectivity index (χ0n) is 10.4. The normalized spacial score (nSPS) is 10.0. The summed E-state index contributed by atoms with van der Waals surface area (Å²) in [7, 11) is 1.95. The molecule has 2 rings (SSSR count). The van der Waals surface area contributed by atoms with Crippen LogP contribution in [0.5, 0.6) is 0 Å². The van der Waals surface area contributed by atoms with Crippen molar-refractivity contribution >= 4 is 33.2 Å². The summed E-state index contributed by atoms with van der Waals surface area (Å²) in [5.74, 6) is 0. The minimum absolute atomic E-state index is 0.489. The Kier molecular flexibility index (Phi) is 4.47. The molecule has 0 aliphatic heterocycles. The molecule has 0 heterocycles. The fourth-order valence-corrected chi connectivity index (χ4v) is 2.37. The van der Waals surface area contributed by atoms with Crippen LogP contribution in [-0.2, 0) is 6.54 Å². The van der Waals surface area contributed by atoms with Crippen molar-refractivity contribution in [1.82, 2.24) is 0 Å². The van der Waals surface area contributed by atoms with E-state index < -0.39 is 0 Å². The largest absolute Gasteiger partial charge is 0.369 e. The lowest BCUT2D eigenvalue weighted by molar-refractivity contribution is 0.920. The second kappa shape index (κ2) is 6.10. The highest BCUT2D eigenvalue weighted by molar-refractivity contribution is 9.10. The third-order valence-electron chi connectivity index (χ3n) is 2.85. The molecule has 96 valence electrons. The van der Waals surface area contributed by atoms with Gasteiger partial charge in [0.25, 0.3) is 0 Å². The highest BCUT2D eigenvalue weighted by atomic mass is 79.9. The van der Waals surface area contributed by atoms with E-state index in [4.69, 9.17) is 11.6 Å². The molecule has 0 spiro atoms. The van der Waals surface area contributed by atoms with E-state index in [1.165, 1.54) is 5.56 Å². The van der Waals surface area contributed by atoms with Crippen molar-refractivity contribution in [2.75, 3.05) is 11.9 Å². The standard InChI is InChI=1S/C15H12BrClN2/c1-19(10-11-5-7-12(16)8-6-11)15-4-2-3-14(17)13(15)9-18/h2-8H,10H2,1H3. The van der Waals surface area contributed by atoms with Gasteiger partial charge in [0.15, 0.2) is 0 Å². The molecule has 0 radical (unpaired) electrons. The zero-order chi connectivity index (χ0) is 13.8. The quantitative estimate of drug-likeness (QED) is 0.819. The van der Waals surface area contributed by atoms with Crippen LogP contribution in [0.2, 0.25) is 5.02 Å². The van der Waals surface area contributed by atoms with Crippen LogP contribution in [0.15, 0.2) is 46.9 Å². The van der Waals surface area contributed by atoms with Crippen LogP contribution in [-0.4, -0.2) is 7.05 Å². The van der Waals surface area contributed by atoms with Gasteiger partial charge in [-0.3, -0.25) is 0 Å². The Bertz CT molecular complexity index is 617. The Labute approximate surface area is 126 Å². The molecule has 0 bridgehead atoms. The number of anilines is 1. The number of hydrogen-bond donors (Lipinski definition) is 0. The number of nitriles is 1. The Morgan fingerprint density at radius 2 is 1.89 bits per heavy atom. The summed E-state index contributed by atoms with van der Waals surface area (Å²) >= 11 is 9.46. The Balaban J connectivity index is 2.25. The maximum absolute atomic E-state index is 9.18. The van der Waals surface area contributed by atoms with Crippen LogP contribution in [0.1, 0.15) is 11.1 Å². The molecule has 0 saturated heterocycles. The van der Waals surface area contributed by atoms with Gasteiger partial charge in [-0.1, -0.05) is 45.7 Å². The van der Waals surface area contributed by atoms with E-state index >= 15 is 0 Å². The number of benzene rings is 2. The van der Waals surface area contributed by atoms with Crippen LogP contribution in [0.25, 0.3) is 0 Å². The zero-order valence-corrected chi connectivity index (χ0v) is 12.7. The number of rotatable bonds is 3. The summed E-state index contributed by atoms with van der Waals surface area (Å²) in [5.41, 5.74) is 2.54. The molecule has 0 atom stereocenters. The summed E-state index contributed by atoms with van der Waals surface area (Å²) < 4.78 is 1.05. The SMILES string of the molecule is CN(Cc1ccc(Br)cc1)c1cccc(Cl)c1C#N. The first-order chi connectivity index (χ1) is 9.11. The first kappa shape index (κ1) is 13.9. The molecule has 0 unspecified atom stereocenters. The molecule has 2 nitrogen and oxygen atoms in total. The van der Waals surface area contributed by atoms with Gasteiger partial charge >= 0.3 is 0 Å². The van der Waals surface area contributed by atoms with Crippen molar-refractivity contribution < 1.29 is 0 Å². The van der Waals surface area contributed by atoms with Crippen molar-refractivity contribution in [3.8, 4) is 6.07 Å². The van der Waals surface area contributed by atoms with Crippen molar-refractivity contribution in [1.29, 1.82) is 5.26 Å². The van der Waals surface area contributed by atoms with Crippen LogP contribution >= 0.6 is 27.5 Å². The van der Waals surface area contributed by atoms with Gasteiger partial charge in [-0.25, -0.2) is 0 Å². The van der Waals surface area contributed by atoms with Crippen molar-refractivity contribution in [2.45, 2.75) is 6.54 Å². The minimum atomic E-state index is 0.489. The molecule has 4 heteroatoms. The number of nitrogens with zero attached hydrogens (tertiary/aromatic N) is 2. The van der Waals surface area contributed by atoms with Gasteiger partial charge in [-0.05, 0) is 29.8 Å². The second-order valence-corrected chi connectivity index (χ2v) is 5.55. The van der Waals surface area contributed by atoms with Gasteiger partial charge in [0.05, 0.1) is 16.3 Å². The predicted octanol–water partition coefficient (Wildman–Crippen LogP) is 4.61. The molecule has 19 heavy (non-hydrogen) atoms. The average molecular weight is 336 g/mol. The molecular weight excluding hydrogens is 324 g/mol. The van der Waals surface area contributed by atoms with Crippen molar-refractivity contribution in [3.63, 3.8) is 0 Å². The smallest absolute Gasteiger partial charge is 0.103 e. The van der Waals surface area contributed by atoms with Crippen molar-refractivity contribution in [2.24, 2.45) is 0 Å². The Morgan fingerprint density at radius 1 is 1.21 bits per heavy atom. The van der Waals surface area contributed by atoms with Gasteiger partial charge in [-0.2, -0.15) is 5.26 Å². The summed E-state index contributed by atoms with van der Waals surface area (Å²) in [4.78, 5) is 2.02. The van der Waals surface area contributed by atoms with E-state index in [-0.39, 0.29) is 0 Å². The molecule has 0 saturated carbocycles. The molecular formula is C15H12BrClN2. The van der Waals surface area contributed by atoms with E-state index in [2.05, 4.69) is 34.1 Å². The van der Waals surface area contributed by atoms with Crippen LogP contribution < -0.4 is 4.90 Å². The molecule has 2 aromatic carbocycles. The molecule has 0 N–H and O–H groups in total. The second-order valence-electron chi connectivity index (χ2n) is 4.23. The summed E-state index contributed by atoms with van der Waals surface area (Å²) in [5, 5.41) is 9.67. The van der Waals surface area contributed by atoms with Gasteiger partial charge in [0, 0.05) is 18.1 Å². The van der Waals surface area contributed by atoms with Crippen LogP contribution in [0.4, 0.5) is 5.69 Å². The fraction of sp³-hybridized carbons (Fsp3) is 0.133. The summed E-state index contributed by atoms with van der Waals surface area (Å²) in [6.07, 6.45) is 0. The summed E-state index contributed by atoms with van der Waals surface area (Å²) in [6.45, 7) is 0.725. The third kappa shape index (κ3) is 3.28. The lowest BCUT2D eigenvalue weighted by Crippen LogP contribution is -2.17. The van der Waals surface area contributed by atoms with Gasteiger partial charge < -0.3 is 4.90 Å². The first-order valence-corrected chi connectivity index (χ1v) is 6.93. The van der Waals surface area contributed by atoms with Crippen molar-refractivity contribution in [3.05, 3.63) is 63.1 Å². The molecule has 0 aliphatic carbocycles. The molecule has 0 amide bonds. The minimum Gasteiger partial charge on any atom is -0.369 e. The molecule has 2 aromatic rings. The van der Waals surface area contributed by atoms with E-state index in [1.54, 1.807) is 6.07 Å². The van der Waals surface area contributed by atoms with Crippen LogP contribution in [0, 0.1) is 11.3 Å². The predicted molar refractivity (Wildman–Crippen MR) is 82.4 cm³/mol. The monoisotopic (exact) mass is 334 g/mol. The maximum Gasteiger partial charge on any atom is 0.103 e. The fourth-order valence-electron chi connectivity index (χ4n) is 1.89. The lowest BCUT2D eigenvalue weighted by atomic mass is 10.1. The maximum atomic E-state index is 9.18. The first-order valence-electron chi connectivity index (χ1n) is 5.76. The molecule has 0 aromatic heterocycles.